The summed E-state index contributed by atoms with van der Waals surface area (Å²) in [7, 11) is 1.35. The molecule has 1 aromatic heterocycles. The van der Waals surface area contributed by atoms with Gasteiger partial charge >= 0.3 is 5.97 Å². The van der Waals surface area contributed by atoms with E-state index in [-0.39, 0.29) is 11.3 Å². The van der Waals surface area contributed by atoms with Crippen molar-refractivity contribution in [3.8, 4) is 0 Å². The van der Waals surface area contributed by atoms with Crippen molar-refractivity contribution in [2.45, 2.75) is 12.3 Å². The van der Waals surface area contributed by atoms with E-state index in [1.807, 2.05) is 37.3 Å². The molecule has 1 saturated heterocycles. The van der Waals surface area contributed by atoms with Gasteiger partial charge in [-0.25, -0.2) is 4.79 Å². The molecule has 1 fully saturated rings. The fourth-order valence-electron chi connectivity index (χ4n) is 3.19. The van der Waals surface area contributed by atoms with E-state index >= 15 is 0 Å². The first-order valence-corrected chi connectivity index (χ1v) is 9.24. The van der Waals surface area contributed by atoms with Crippen LogP contribution in [0, 0.1) is 6.92 Å². The second-order valence-electron chi connectivity index (χ2n) is 6.11. The number of amides is 1. The number of ether oxygens (including phenoxy) is 1. The zero-order valence-electron chi connectivity index (χ0n) is 14.4. The van der Waals surface area contributed by atoms with Crippen LogP contribution in [-0.2, 0) is 9.53 Å². The van der Waals surface area contributed by atoms with Crippen molar-refractivity contribution in [1.82, 2.24) is 0 Å². The quantitative estimate of drug-likeness (QED) is 0.646. The van der Waals surface area contributed by atoms with Gasteiger partial charge in [0.05, 0.1) is 18.4 Å². The zero-order chi connectivity index (χ0) is 18.3. The third-order valence-electron chi connectivity index (χ3n) is 4.43. The SMILES string of the molecule is COC(=O)c1ccc(N2C(=O)CSC2c2cc3ccccc3o2)c(C)c1. The molecular formula is C20H17NO4S. The molecule has 0 spiro atoms. The Morgan fingerprint density at radius 3 is 2.77 bits per heavy atom. The van der Waals surface area contributed by atoms with Gasteiger partial charge in [0.1, 0.15) is 16.7 Å². The van der Waals surface area contributed by atoms with Gasteiger partial charge in [-0.2, -0.15) is 0 Å². The van der Waals surface area contributed by atoms with Crippen LogP contribution >= 0.6 is 11.8 Å². The normalized spacial score (nSPS) is 17.1. The minimum Gasteiger partial charge on any atom is -0.465 e. The molecule has 5 nitrogen and oxygen atoms in total. The van der Waals surface area contributed by atoms with E-state index in [9.17, 15) is 9.59 Å². The van der Waals surface area contributed by atoms with Gasteiger partial charge < -0.3 is 9.15 Å². The van der Waals surface area contributed by atoms with Crippen LogP contribution in [0.15, 0.2) is 52.9 Å². The molecule has 2 aromatic carbocycles. The largest absolute Gasteiger partial charge is 0.465 e. The van der Waals surface area contributed by atoms with E-state index in [2.05, 4.69) is 0 Å². The van der Waals surface area contributed by atoms with E-state index in [1.54, 1.807) is 23.1 Å². The Labute approximate surface area is 154 Å². The van der Waals surface area contributed by atoms with Crippen molar-refractivity contribution in [2.75, 3.05) is 17.8 Å². The molecule has 1 unspecified atom stereocenters. The Bertz CT molecular complexity index is 977. The fourth-order valence-corrected chi connectivity index (χ4v) is 4.29. The summed E-state index contributed by atoms with van der Waals surface area (Å²) < 4.78 is 10.7. The van der Waals surface area contributed by atoms with Crippen molar-refractivity contribution in [2.24, 2.45) is 0 Å². The van der Waals surface area contributed by atoms with E-state index in [0.717, 1.165) is 28.0 Å². The van der Waals surface area contributed by atoms with Crippen LogP contribution < -0.4 is 4.90 Å². The number of esters is 1. The van der Waals surface area contributed by atoms with Gasteiger partial charge in [-0.05, 0) is 42.8 Å². The maximum Gasteiger partial charge on any atom is 0.337 e. The summed E-state index contributed by atoms with van der Waals surface area (Å²) in [4.78, 5) is 26.0. The van der Waals surface area contributed by atoms with Crippen LogP contribution in [0.5, 0.6) is 0 Å². The third kappa shape index (κ3) is 2.76. The van der Waals surface area contributed by atoms with Crippen LogP contribution in [0.4, 0.5) is 5.69 Å². The molecule has 0 bridgehead atoms. The second kappa shape index (κ2) is 6.53. The lowest BCUT2D eigenvalue weighted by Crippen LogP contribution is -2.28. The van der Waals surface area contributed by atoms with E-state index in [4.69, 9.17) is 9.15 Å². The highest BCUT2D eigenvalue weighted by molar-refractivity contribution is 8.00. The molecule has 1 amide bonds. The predicted octanol–water partition coefficient (Wildman–Crippen LogP) is 4.31. The molecule has 2 heterocycles. The monoisotopic (exact) mass is 367 g/mol. The van der Waals surface area contributed by atoms with E-state index in [0.29, 0.717) is 11.3 Å². The van der Waals surface area contributed by atoms with Gasteiger partial charge in [0, 0.05) is 11.1 Å². The lowest BCUT2D eigenvalue weighted by Gasteiger charge is -2.24. The van der Waals surface area contributed by atoms with Crippen molar-refractivity contribution in [3.05, 3.63) is 65.4 Å². The Morgan fingerprint density at radius 2 is 2.04 bits per heavy atom. The molecule has 0 N–H and O–H groups in total. The van der Waals surface area contributed by atoms with Gasteiger partial charge in [-0.3, -0.25) is 9.69 Å². The van der Waals surface area contributed by atoms with Gasteiger partial charge in [-0.15, -0.1) is 11.8 Å². The highest BCUT2D eigenvalue weighted by Crippen LogP contribution is 2.44. The fraction of sp³-hybridized carbons (Fsp3) is 0.200. The van der Waals surface area contributed by atoms with Gasteiger partial charge in [0.2, 0.25) is 5.91 Å². The highest BCUT2D eigenvalue weighted by Gasteiger charge is 2.37. The Kier molecular flexibility index (Phi) is 4.20. The molecule has 1 aliphatic heterocycles. The standard InChI is InChI=1S/C20H17NO4S/c1-12-9-14(20(23)24-2)7-8-15(12)21-18(22)11-26-19(21)17-10-13-5-3-4-6-16(13)25-17/h3-10,19H,11H2,1-2H3. The first kappa shape index (κ1) is 16.7. The summed E-state index contributed by atoms with van der Waals surface area (Å²) in [5.74, 6) is 0.767. The summed E-state index contributed by atoms with van der Waals surface area (Å²) >= 11 is 1.54. The number of fused-ring (bicyclic) bond motifs is 1. The number of carbonyl (C=O) groups is 2. The molecule has 0 radical (unpaired) electrons. The van der Waals surface area contributed by atoms with Crippen LogP contribution in [0.1, 0.15) is 27.1 Å². The number of hydrogen-bond donors (Lipinski definition) is 0. The Morgan fingerprint density at radius 1 is 1.23 bits per heavy atom. The topological polar surface area (TPSA) is 59.8 Å². The predicted molar refractivity (Wildman–Crippen MR) is 101 cm³/mol. The van der Waals surface area contributed by atoms with Crippen molar-refractivity contribution in [3.63, 3.8) is 0 Å². The first-order valence-electron chi connectivity index (χ1n) is 8.19. The smallest absolute Gasteiger partial charge is 0.337 e. The summed E-state index contributed by atoms with van der Waals surface area (Å²) in [6.07, 6.45) is 0. The summed E-state index contributed by atoms with van der Waals surface area (Å²) in [6, 6.07) is 15.0. The third-order valence-corrected chi connectivity index (χ3v) is 5.61. The number of hydrogen-bond acceptors (Lipinski definition) is 5. The minimum atomic E-state index is -0.393. The average molecular weight is 367 g/mol. The molecule has 0 saturated carbocycles. The number of rotatable bonds is 3. The van der Waals surface area contributed by atoms with E-state index < -0.39 is 5.97 Å². The molecule has 3 aromatic rings. The number of aryl methyl sites for hydroxylation is 1. The van der Waals surface area contributed by atoms with Crippen molar-refractivity contribution >= 4 is 40.3 Å². The lowest BCUT2D eigenvalue weighted by atomic mass is 10.1. The van der Waals surface area contributed by atoms with Gasteiger partial charge in [0.25, 0.3) is 0 Å². The molecule has 26 heavy (non-hydrogen) atoms. The number of anilines is 1. The van der Waals surface area contributed by atoms with Gasteiger partial charge in [-0.1, -0.05) is 18.2 Å². The number of nitrogens with zero attached hydrogens (tertiary/aromatic N) is 1. The van der Waals surface area contributed by atoms with Gasteiger partial charge in [0.15, 0.2) is 0 Å². The maximum absolute atomic E-state index is 12.6. The molecular weight excluding hydrogens is 350 g/mol. The van der Waals surface area contributed by atoms with Crippen LogP contribution in [0.25, 0.3) is 11.0 Å². The number of thioether (sulfide) groups is 1. The molecule has 1 atom stereocenters. The second-order valence-corrected chi connectivity index (χ2v) is 7.18. The molecule has 4 rings (SSSR count). The number of para-hydroxylation sites is 1. The minimum absolute atomic E-state index is 0.0226. The number of carbonyl (C=O) groups excluding carboxylic acids is 2. The maximum atomic E-state index is 12.6. The van der Waals surface area contributed by atoms with Crippen molar-refractivity contribution in [1.29, 1.82) is 0 Å². The van der Waals surface area contributed by atoms with Crippen LogP contribution in [-0.4, -0.2) is 24.7 Å². The van der Waals surface area contributed by atoms with Crippen LogP contribution in [0.2, 0.25) is 0 Å². The summed E-state index contributed by atoms with van der Waals surface area (Å²) in [5, 5.41) is 0.790. The highest BCUT2D eigenvalue weighted by atomic mass is 32.2. The number of furan rings is 1. The molecule has 0 aliphatic carbocycles. The zero-order valence-corrected chi connectivity index (χ0v) is 15.2. The Hall–Kier alpha value is -2.73. The number of benzene rings is 2. The lowest BCUT2D eigenvalue weighted by molar-refractivity contribution is -0.115. The molecule has 132 valence electrons. The molecule has 6 heteroatoms. The Balaban J connectivity index is 1.74. The summed E-state index contributed by atoms with van der Waals surface area (Å²) in [5.41, 5.74) is 2.89. The summed E-state index contributed by atoms with van der Waals surface area (Å²) in [6.45, 7) is 1.88. The van der Waals surface area contributed by atoms with E-state index in [1.165, 1.54) is 18.9 Å². The molecule has 1 aliphatic rings. The van der Waals surface area contributed by atoms with Crippen molar-refractivity contribution < 1.29 is 18.7 Å². The average Bonchev–Trinajstić information content (AvgIpc) is 3.24. The number of methoxy groups -OCH3 is 1. The van der Waals surface area contributed by atoms with Crippen LogP contribution in [0.3, 0.4) is 0 Å². The first-order chi connectivity index (χ1) is 12.6.